The predicted octanol–water partition coefficient (Wildman–Crippen LogP) is 3.24. The highest BCUT2D eigenvalue weighted by atomic mass is 16.2. The third-order valence-electron chi connectivity index (χ3n) is 5.36. The number of fused-ring (bicyclic) bond motifs is 1. The molecule has 0 bridgehead atoms. The van der Waals surface area contributed by atoms with E-state index >= 15 is 0 Å². The Kier molecular flexibility index (Phi) is 3.90. The largest absolute Gasteiger partial charge is 0.342 e. The Hall–Kier alpha value is -2.10. The van der Waals surface area contributed by atoms with Crippen LogP contribution in [0.25, 0.3) is 0 Å². The normalized spacial score (nSPS) is 24.3. The van der Waals surface area contributed by atoms with Crippen molar-refractivity contribution in [2.75, 3.05) is 13.1 Å². The van der Waals surface area contributed by atoms with Gasteiger partial charge >= 0.3 is 0 Å². The first-order chi connectivity index (χ1) is 11.3. The minimum Gasteiger partial charge on any atom is -0.342 e. The van der Waals surface area contributed by atoms with E-state index in [4.69, 9.17) is 0 Å². The van der Waals surface area contributed by atoms with Crippen molar-refractivity contribution in [1.82, 2.24) is 15.1 Å². The fourth-order valence-electron chi connectivity index (χ4n) is 4.16. The van der Waals surface area contributed by atoms with Gasteiger partial charge in [0.25, 0.3) is 0 Å². The molecule has 1 N–H and O–H groups in total. The molecule has 2 aromatic rings. The second kappa shape index (κ2) is 6.19. The first-order valence-corrected chi connectivity index (χ1v) is 8.69. The molecule has 0 radical (unpaired) electrons. The number of H-pyrrole nitrogens is 1. The van der Waals surface area contributed by atoms with E-state index in [1.807, 2.05) is 6.07 Å². The molecule has 1 amide bonds. The number of hydrogen-bond donors (Lipinski definition) is 1. The van der Waals surface area contributed by atoms with Crippen molar-refractivity contribution in [1.29, 1.82) is 0 Å². The lowest BCUT2D eigenvalue weighted by molar-refractivity contribution is -0.134. The number of nitrogens with zero attached hydrogens (tertiary/aromatic N) is 2. The van der Waals surface area contributed by atoms with Crippen LogP contribution < -0.4 is 0 Å². The topological polar surface area (TPSA) is 49.0 Å². The van der Waals surface area contributed by atoms with E-state index in [0.29, 0.717) is 11.8 Å². The van der Waals surface area contributed by atoms with E-state index in [9.17, 15) is 4.79 Å². The van der Waals surface area contributed by atoms with Crippen molar-refractivity contribution < 1.29 is 4.79 Å². The van der Waals surface area contributed by atoms with E-state index in [2.05, 4.69) is 39.4 Å². The van der Waals surface area contributed by atoms with Crippen molar-refractivity contribution in [3.05, 3.63) is 53.3 Å². The Morgan fingerprint density at radius 2 is 2.09 bits per heavy atom. The van der Waals surface area contributed by atoms with E-state index < -0.39 is 0 Å². The molecule has 1 saturated heterocycles. The Balaban J connectivity index is 1.53. The van der Waals surface area contributed by atoms with Crippen LogP contribution in [0, 0.1) is 0 Å². The molecule has 1 fully saturated rings. The summed E-state index contributed by atoms with van der Waals surface area (Å²) in [5.74, 6) is 0.774. The molecule has 4 nitrogen and oxygen atoms in total. The summed E-state index contributed by atoms with van der Waals surface area (Å²) in [7, 11) is 0. The third-order valence-corrected chi connectivity index (χ3v) is 5.36. The summed E-state index contributed by atoms with van der Waals surface area (Å²) in [6.45, 7) is 1.71. The summed E-state index contributed by atoms with van der Waals surface area (Å²) in [5, 5.41) is 7.13. The Morgan fingerprint density at radius 1 is 1.17 bits per heavy atom. The Labute approximate surface area is 136 Å². The molecule has 4 heteroatoms. The van der Waals surface area contributed by atoms with Gasteiger partial charge in [-0.05, 0) is 49.3 Å². The number of likely N-dealkylation sites (tertiary alicyclic amines) is 1. The molecule has 2 heterocycles. The lowest BCUT2D eigenvalue weighted by Gasteiger charge is -2.36. The first kappa shape index (κ1) is 14.5. The van der Waals surface area contributed by atoms with Gasteiger partial charge in [-0.25, -0.2) is 0 Å². The predicted molar refractivity (Wildman–Crippen MR) is 89.3 cm³/mol. The SMILES string of the molecule is O=C([C@@H]1CCCc2ccccc21)N1CCC[C@H](c2ccn[nH]2)C1. The minimum absolute atomic E-state index is 0.0560. The lowest BCUT2D eigenvalue weighted by Crippen LogP contribution is -2.42. The highest BCUT2D eigenvalue weighted by molar-refractivity contribution is 5.84. The summed E-state index contributed by atoms with van der Waals surface area (Å²) in [5.41, 5.74) is 3.78. The van der Waals surface area contributed by atoms with Crippen molar-refractivity contribution in [2.45, 2.75) is 43.9 Å². The zero-order valence-corrected chi connectivity index (χ0v) is 13.4. The summed E-state index contributed by atoms with van der Waals surface area (Å²) in [4.78, 5) is 15.2. The number of nitrogens with one attached hydrogen (secondary N) is 1. The molecule has 1 aliphatic carbocycles. The molecule has 0 spiro atoms. The van der Waals surface area contributed by atoms with Crippen LogP contribution in [0.5, 0.6) is 0 Å². The van der Waals surface area contributed by atoms with Gasteiger partial charge in [-0.2, -0.15) is 5.10 Å². The third kappa shape index (κ3) is 2.78. The Morgan fingerprint density at radius 3 is 2.96 bits per heavy atom. The lowest BCUT2D eigenvalue weighted by atomic mass is 9.81. The van der Waals surface area contributed by atoms with Crippen LogP contribution in [0.3, 0.4) is 0 Å². The van der Waals surface area contributed by atoms with Gasteiger partial charge in [0.2, 0.25) is 5.91 Å². The minimum atomic E-state index is 0.0560. The molecule has 120 valence electrons. The standard InChI is InChI=1S/C19H23N3O/c23-19(17-9-3-6-14-5-1-2-8-16(14)17)22-12-4-7-15(13-22)18-10-11-20-21-18/h1-2,5,8,10-11,15,17H,3-4,6-7,9,12-13H2,(H,20,21)/t15-,17+/m0/s1. The number of amides is 1. The number of piperidine rings is 1. The molecule has 0 saturated carbocycles. The van der Waals surface area contributed by atoms with Gasteiger partial charge in [0, 0.05) is 30.9 Å². The highest BCUT2D eigenvalue weighted by Gasteiger charge is 2.32. The zero-order valence-electron chi connectivity index (χ0n) is 13.4. The molecular weight excluding hydrogens is 286 g/mol. The maximum Gasteiger partial charge on any atom is 0.230 e. The van der Waals surface area contributed by atoms with Crippen molar-refractivity contribution in [2.24, 2.45) is 0 Å². The van der Waals surface area contributed by atoms with E-state index in [0.717, 1.165) is 50.9 Å². The quantitative estimate of drug-likeness (QED) is 0.926. The van der Waals surface area contributed by atoms with E-state index in [-0.39, 0.29) is 5.92 Å². The summed E-state index contributed by atoms with van der Waals surface area (Å²) in [6.07, 6.45) is 7.22. The maximum atomic E-state index is 13.1. The van der Waals surface area contributed by atoms with Gasteiger partial charge in [-0.3, -0.25) is 9.89 Å². The molecular formula is C19H23N3O. The number of rotatable bonds is 2. The van der Waals surface area contributed by atoms with Crippen LogP contribution in [-0.2, 0) is 11.2 Å². The molecule has 4 rings (SSSR count). The maximum absolute atomic E-state index is 13.1. The number of carbonyl (C=O) groups is 1. The second-order valence-corrected chi connectivity index (χ2v) is 6.78. The van der Waals surface area contributed by atoms with Crippen LogP contribution in [0.15, 0.2) is 36.5 Å². The van der Waals surface area contributed by atoms with Gasteiger partial charge < -0.3 is 4.90 Å². The van der Waals surface area contributed by atoms with Gasteiger partial charge in [-0.15, -0.1) is 0 Å². The second-order valence-electron chi connectivity index (χ2n) is 6.78. The van der Waals surface area contributed by atoms with Gasteiger partial charge in [0.15, 0.2) is 0 Å². The number of aromatic amines is 1. The van der Waals surface area contributed by atoms with E-state index in [1.54, 1.807) is 6.20 Å². The summed E-state index contributed by atoms with van der Waals surface area (Å²) in [6, 6.07) is 10.5. The van der Waals surface area contributed by atoms with Crippen LogP contribution >= 0.6 is 0 Å². The molecule has 2 aliphatic rings. The van der Waals surface area contributed by atoms with E-state index in [1.165, 1.54) is 11.1 Å². The number of aryl methyl sites for hydroxylation is 1. The molecule has 23 heavy (non-hydrogen) atoms. The van der Waals surface area contributed by atoms with Crippen molar-refractivity contribution >= 4 is 5.91 Å². The number of benzene rings is 1. The van der Waals surface area contributed by atoms with Gasteiger partial charge in [-0.1, -0.05) is 24.3 Å². The van der Waals surface area contributed by atoms with Crippen LogP contribution in [0.2, 0.25) is 0 Å². The first-order valence-electron chi connectivity index (χ1n) is 8.69. The average Bonchev–Trinajstić information content (AvgIpc) is 3.15. The molecule has 1 aliphatic heterocycles. The van der Waals surface area contributed by atoms with Gasteiger partial charge in [0.1, 0.15) is 0 Å². The fraction of sp³-hybridized carbons (Fsp3) is 0.474. The van der Waals surface area contributed by atoms with Crippen LogP contribution in [0.4, 0.5) is 0 Å². The number of carbonyl (C=O) groups excluding carboxylic acids is 1. The van der Waals surface area contributed by atoms with Crippen LogP contribution in [-0.4, -0.2) is 34.1 Å². The highest BCUT2D eigenvalue weighted by Crippen LogP contribution is 2.35. The molecule has 1 aromatic carbocycles. The smallest absolute Gasteiger partial charge is 0.230 e. The monoisotopic (exact) mass is 309 g/mol. The van der Waals surface area contributed by atoms with Crippen molar-refractivity contribution in [3.63, 3.8) is 0 Å². The fourth-order valence-corrected chi connectivity index (χ4v) is 4.16. The number of hydrogen-bond acceptors (Lipinski definition) is 2. The average molecular weight is 309 g/mol. The molecule has 2 atom stereocenters. The zero-order chi connectivity index (χ0) is 15.6. The van der Waals surface area contributed by atoms with Crippen LogP contribution in [0.1, 0.15) is 54.3 Å². The van der Waals surface area contributed by atoms with Crippen molar-refractivity contribution in [3.8, 4) is 0 Å². The number of aromatic nitrogens is 2. The van der Waals surface area contributed by atoms with Gasteiger partial charge in [0.05, 0.1) is 5.92 Å². The molecule has 1 aromatic heterocycles. The molecule has 0 unspecified atom stereocenters. The Bertz CT molecular complexity index is 680. The summed E-state index contributed by atoms with van der Waals surface area (Å²) >= 11 is 0. The summed E-state index contributed by atoms with van der Waals surface area (Å²) < 4.78 is 0.